The highest BCUT2D eigenvalue weighted by atomic mass is 15.0. The summed E-state index contributed by atoms with van der Waals surface area (Å²) in [5.41, 5.74) is 13.4. The Balaban J connectivity index is 1.26. The van der Waals surface area contributed by atoms with Gasteiger partial charge in [0.2, 0.25) is 0 Å². The van der Waals surface area contributed by atoms with Crippen molar-refractivity contribution in [1.82, 2.24) is 9.13 Å². The number of aryl methyl sites for hydroxylation is 1. The highest BCUT2D eigenvalue weighted by Gasteiger charge is 2.17. The van der Waals surface area contributed by atoms with Gasteiger partial charge in [-0.3, -0.25) is 0 Å². The normalized spacial score (nSPS) is 11.5. The Morgan fingerprint density at radius 2 is 0.894 bits per heavy atom. The Morgan fingerprint density at radius 1 is 0.404 bits per heavy atom. The van der Waals surface area contributed by atoms with E-state index in [1.807, 2.05) is 18.2 Å². The molecule has 2 heterocycles. The van der Waals surface area contributed by atoms with E-state index in [0.717, 1.165) is 27.8 Å². The summed E-state index contributed by atoms with van der Waals surface area (Å²) in [5, 5.41) is 14.4. The van der Waals surface area contributed by atoms with E-state index in [1.165, 1.54) is 55.0 Å². The van der Waals surface area contributed by atoms with Crippen LogP contribution in [0.2, 0.25) is 0 Å². The van der Waals surface area contributed by atoms with Crippen molar-refractivity contribution in [3.8, 4) is 39.7 Å². The van der Waals surface area contributed by atoms with E-state index in [9.17, 15) is 5.26 Å². The van der Waals surface area contributed by atoms with E-state index >= 15 is 0 Å². The summed E-state index contributed by atoms with van der Waals surface area (Å²) in [6.07, 6.45) is 0. The summed E-state index contributed by atoms with van der Waals surface area (Å²) in [4.78, 5) is 0. The van der Waals surface area contributed by atoms with Crippen molar-refractivity contribution in [1.29, 1.82) is 5.26 Å². The fourth-order valence-electron chi connectivity index (χ4n) is 7.13. The molecule has 0 bridgehead atoms. The van der Waals surface area contributed by atoms with Crippen LogP contribution in [0.4, 0.5) is 0 Å². The van der Waals surface area contributed by atoms with Crippen molar-refractivity contribution < 1.29 is 0 Å². The van der Waals surface area contributed by atoms with Crippen LogP contribution in [0.3, 0.4) is 0 Å². The van der Waals surface area contributed by atoms with E-state index in [1.54, 1.807) is 0 Å². The average Bonchev–Trinajstić information content (AvgIpc) is 3.64. The smallest absolute Gasteiger partial charge is 0.0991 e. The van der Waals surface area contributed by atoms with Crippen LogP contribution in [-0.2, 0) is 0 Å². The molecular formula is C44H29N3. The molecule has 0 aliphatic rings. The zero-order valence-electron chi connectivity index (χ0n) is 25.9. The molecule has 0 saturated carbocycles. The lowest BCUT2D eigenvalue weighted by atomic mass is 9.98. The molecule has 0 fully saturated rings. The fourth-order valence-corrected chi connectivity index (χ4v) is 7.13. The first-order valence-electron chi connectivity index (χ1n) is 15.9. The molecular weight excluding hydrogens is 571 g/mol. The standard InChI is InChI=1S/C44H29N3/c1-29-14-19-36(20-15-29)47-41-13-6-5-12-37(41)38-25-33(17-21-42(38)47)34-18-23-44-40(27-34)39-26-32(31-9-7-8-30(24-31)28-45)16-22-43(39)46(44)35-10-3-2-4-11-35/h2-27H,1H3. The molecule has 0 aliphatic carbocycles. The number of nitriles is 1. The molecule has 0 amide bonds. The van der Waals surface area contributed by atoms with Gasteiger partial charge in [0.15, 0.2) is 0 Å². The van der Waals surface area contributed by atoms with Crippen LogP contribution in [0, 0.1) is 18.3 Å². The lowest BCUT2D eigenvalue weighted by molar-refractivity contribution is 1.17. The van der Waals surface area contributed by atoms with Crippen molar-refractivity contribution in [2.45, 2.75) is 6.92 Å². The van der Waals surface area contributed by atoms with E-state index in [-0.39, 0.29) is 0 Å². The Morgan fingerprint density at radius 3 is 1.49 bits per heavy atom. The molecule has 47 heavy (non-hydrogen) atoms. The van der Waals surface area contributed by atoms with Gasteiger partial charge in [-0.05, 0) is 108 Å². The second-order valence-electron chi connectivity index (χ2n) is 12.2. The Bertz CT molecular complexity index is 2680. The second kappa shape index (κ2) is 10.6. The maximum Gasteiger partial charge on any atom is 0.0991 e. The van der Waals surface area contributed by atoms with Crippen molar-refractivity contribution in [2.24, 2.45) is 0 Å². The van der Waals surface area contributed by atoms with Crippen LogP contribution in [0.5, 0.6) is 0 Å². The monoisotopic (exact) mass is 599 g/mol. The number of para-hydroxylation sites is 2. The number of fused-ring (bicyclic) bond motifs is 6. The second-order valence-corrected chi connectivity index (χ2v) is 12.2. The molecule has 3 nitrogen and oxygen atoms in total. The van der Waals surface area contributed by atoms with Gasteiger partial charge in [0.1, 0.15) is 0 Å². The number of rotatable bonds is 4. The highest BCUT2D eigenvalue weighted by Crippen LogP contribution is 2.39. The molecule has 0 N–H and O–H groups in total. The van der Waals surface area contributed by atoms with Gasteiger partial charge in [-0.1, -0.05) is 84.4 Å². The summed E-state index contributed by atoms with van der Waals surface area (Å²) in [5.74, 6) is 0. The molecule has 9 rings (SSSR count). The summed E-state index contributed by atoms with van der Waals surface area (Å²) in [7, 11) is 0. The van der Waals surface area contributed by atoms with Gasteiger partial charge in [-0.25, -0.2) is 0 Å². The summed E-state index contributed by atoms with van der Waals surface area (Å²) in [6, 6.07) is 58.5. The average molecular weight is 600 g/mol. The minimum absolute atomic E-state index is 0.663. The molecule has 0 aliphatic heterocycles. The van der Waals surface area contributed by atoms with E-state index in [4.69, 9.17) is 0 Å². The van der Waals surface area contributed by atoms with E-state index in [2.05, 4.69) is 162 Å². The van der Waals surface area contributed by atoms with Crippen LogP contribution in [0.1, 0.15) is 11.1 Å². The first-order valence-corrected chi connectivity index (χ1v) is 15.9. The van der Waals surface area contributed by atoms with Gasteiger partial charge >= 0.3 is 0 Å². The number of benzene rings is 7. The molecule has 0 radical (unpaired) electrons. The number of hydrogen-bond acceptors (Lipinski definition) is 1. The van der Waals surface area contributed by atoms with Gasteiger partial charge in [-0.2, -0.15) is 5.26 Å². The summed E-state index contributed by atoms with van der Waals surface area (Å²) < 4.78 is 4.72. The molecule has 0 saturated heterocycles. The van der Waals surface area contributed by atoms with E-state index < -0.39 is 0 Å². The SMILES string of the molecule is Cc1ccc(-n2c3ccccc3c3cc(-c4ccc5c(c4)c4cc(-c6cccc(C#N)c6)ccc4n5-c4ccccc4)ccc32)cc1. The lowest BCUT2D eigenvalue weighted by Gasteiger charge is -2.09. The van der Waals surface area contributed by atoms with Gasteiger partial charge in [-0.15, -0.1) is 0 Å². The highest BCUT2D eigenvalue weighted by molar-refractivity contribution is 6.13. The first kappa shape index (κ1) is 27.0. The third-order valence-corrected chi connectivity index (χ3v) is 9.40. The van der Waals surface area contributed by atoms with Crippen LogP contribution in [0.15, 0.2) is 158 Å². The molecule has 3 heteroatoms. The molecule has 2 aromatic heterocycles. The largest absolute Gasteiger partial charge is 0.309 e. The minimum Gasteiger partial charge on any atom is -0.309 e. The predicted molar refractivity (Wildman–Crippen MR) is 195 cm³/mol. The van der Waals surface area contributed by atoms with Gasteiger partial charge < -0.3 is 9.13 Å². The maximum atomic E-state index is 9.53. The Hall–Kier alpha value is -6.37. The molecule has 9 aromatic rings. The van der Waals surface area contributed by atoms with Crippen LogP contribution >= 0.6 is 0 Å². The summed E-state index contributed by atoms with van der Waals surface area (Å²) in [6.45, 7) is 2.13. The number of hydrogen-bond donors (Lipinski definition) is 0. The predicted octanol–water partition coefficient (Wildman–Crippen LogP) is 11.4. The molecule has 220 valence electrons. The van der Waals surface area contributed by atoms with Gasteiger partial charge in [0.25, 0.3) is 0 Å². The van der Waals surface area contributed by atoms with Crippen molar-refractivity contribution >= 4 is 43.6 Å². The Labute approximate surface area is 272 Å². The van der Waals surface area contributed by atoms with Crippen LogP contribution in [0.25, 0.3) is 77.2 Å². The molecule has 0 unspecified atom stereocenters. The minimum atomic E-state index is 0.663. The van der Waals surface area contributed by atoms with Gasteiger partial charge in [0, 0.05) is 32.9 Å². The maximum absolute atomic E-state index is 9.53. The number of nitrogens with zero attached hydrogens (tertiary/aromatic N) is 3. The zero-order valence-corrected chi connectivity index (χ0v) is 25.9. The molecule has 0 spiro atoms. The topological polar surface area (TPSA) is 33.6 Å². The van der Waals surface area contributed by atoms with E-state index in [0.29, 0.717) is 5.56 Å². The van der Waals surface area contributed by atoms with Crippen molar-refractivity contribution in [3.05, 3.63) is 169 Å². The quantitative estimate of drug-likeness (QED) is 0.198. The Kier molecular flexibility index (Phi) is 6.10. The van der Waals surface area contributed by atoms with Crippen LogP contribution < -0.4 is 0 Å². The number of aromatic nitrogens is 2. The fraction of sp³-hybridized carbons (Fsp3) is 0.0227. The molecule has 7 aromatic carbocycles. The van der Waals surface area contributed by atoms with Crippen molar-refractivity contribution in [2.75, 3.05) is 0 Å². The lowest BCUT2D eigenvalue weighted by Crippen LogP contribution is -1.93. The third kappa shape index (κ3) is 4.35. The first-order chi connectivity index (χ1) is 23.2. The van der Waals surface area contributed by atoms with Crippen molar-refractivity contribution in [3.63, 3.8) is 0 Å². The molecule has 0 atom stereocenters. The third-order valence-electron chi connectivity index (χ3n) is 9.40. The zero-order chi connectivity index (χ0) is 31.5. The van der Waals surface area contributed by atoms with Crippen LogP contribution in [-0.4, -0.2) is 9.13 Å². The van der Waals surface area contributed by atoms with Gasteiger partial charge in [0.05, 0.1) is 33.7 Å². The summed E-state index contributed by atoms with van der Waals surface area (Å²) >= 11 is 0.